The van der Waals surface area contributed by atoms with Crippen LogP contribution in [0.2, 0.25) is 10.0 Å². The van der Waals surface area contributed by atoms with Gasteiger partial charge in [0.2, 0.25) is 0 Å². The van der Waals surface area contributed by atoms with Crippen molar-refractivity contribution in [3.05, 3.63) is 52.0 Å². The molecule has 1 amide bonds. The molecule has 8 heteroatoms. The summed E-state index contributed by atoms with van der Waals surface area (Å²) in [5, 5.41) is 1.56. The van der Waals surface area contributed by atoms with Crippen LogP contribution in [0.3, 0.4) is 0 Å². The van der Waals surface area contributed by atoms with E-state index >= 15 is 0 Å². The SMILES string of the molecule is CCc1ccc2nc(N(CCN(C)C)C(=O)COc3ccc(Cl)cc3Cl)sc2c1. The number of benzene rings is 2. The minimum atomic E-state index is -0.173. The van der Waals surface area contributed by atoms with E-state index in [-0.39, 0.29) is 12.5 Å². The number of amides is 1. The van der Waals surface area contributed by atoms with Crippen LogP contribution in [0, 0.1) is 0 Å². The van der Waals surface area contributed by atoms with Crippen molar-refractivity contribution >= 4 is 55.8 Å². The van der Waals surface area contributed by atoms with E-state index in [4.69, 9.17) is 27.9 Å². The first-order valence-corrected chi connectivity index (χ1v) is 10.9. The van der Waals surface area contributed by atoms with Crippen molar-refractivity contribution in [2.45, 2.75) is 13.3 Å². The lowest BCUT2D eigenvalue weighted by atomic mass is 10.2. The van der Waals surface area contributed by atoms with Gasteiger partial charge in [-0.1, -0.05) is 47.5 Å². The van der Waals surface area contributed by atoms with E-state index in [0.29, 0.717) is 34.0 Å². The lowest BCUT2D eigenvalue weighted by molar-refractivity contribution is -0.120. The fraction of sp³-hybridized carbons (Fsp3) is 0.333. The number of aryl methyl sites for hydroxylation is 1. The second-order valence-electron chi connectivity index (χ2n) is 6.86. The van der Waals surface area contributed by atoms with Crippen molar-refractivity contribution in [2.24, 2.45) is 0 Å². The zero-order chi connectivity index (χ0) is 21.0. The van der Waals surface area contributed by atoms with Gasteiger partial charge in [0.15, 0.2) is 11.7 Å². The van der Waals surface area contributed by atoms with Crippen molar-refractivity contribution in [2.75, 3.05) is 38.7 Å². The van der Waals surface area contributed by atoms with Crippen molar-refractivity contribution in [3.8, 4) is 5.75 Å². The van der Waals surface area contributed by atoms with Crippen LogP contribution in [0.1, 0.15) is 12.5 Å². The molecule has 3 aromatic rings. The Morgan fingerprint density at radius 3 is 2.62 bits per heavy atom. The number of aromatic nitrogens is 1. The molecule has 0 spiro atoms. The summed E-state index contributed by atoms with van der Waals surface area (Å²) in [6.45, 7) is 3.22. The molecule has 0 aliphatic heterocycles. The Labute approximate surface area is 184 Å². The number of carbonyl (C=O) groups is 1. The van der Waals surface area contributed by atoms with Crippen molar-refractivity contribution in [1.29, 1.82) is 0 Å². The number of halogens is 2. The minimum Gasteiger partial charge on any atom is -0.482 e. The van der Waals surface area contributed by atoms with Gasteiger partial charge in [0.25, 0.3) is 5.91 Å². The van der Waals surface area contributed by atoms with Gasteiger partial charge in [-0.05, 0) is 56.4 Å². The Morgan fingerprint density at radius 1 is 1.14 bits per heavy atom. The maximum Gasteiger partial charge on any atom is 0.266 e. The molecule has 29 heavy (non-hydrogen) atoms. The van der Waals surface area contributed by atoms with Gasteiger partial charge in [0.05, 0.1) is 15.2 Å². The molecule has 2 aromatic carbocycles. The van der Waals surface area contributed by atoms with Crippen LogP contribution >= 0.6 is 34.5 Å². The number of likely N-dealkylation sites (N-methyl/N-ethyl adjacent to an activating group) is 1. The topological polar surface area (TPSA) is 45.7 Å². The van der Waals surface area contributed by atoms with Gasteiger partial charge >= 0.3 is 0 Å². The highest BCUT2D eigenvalue weighted by atomic mass is 35.5. The van der Waals surface area contributed by atoms with Crippen molar-refractivity contribution in [1.82, 2.24) is 9.88 Å². The fourth-order valence-corrected chi connectivity index (χ4v) is 4.26. The summed E-state index contributed by atoms with van der Waals surface area (Å²) in [6, 6.07) is 11.1. The summed E-state index contributed by atoms with van der Waals surface area (Å²) < 4.78 is 6.73. The highest BCUT2D eigenvalue weighted by molar-refractivity contribution is 7.22. The van der Waals surface area contributed by atoms with Gasteiger partial charge in [0, 0.05) is 18.1 Å². The quantitative estimate of drug-likeness (QED) is 0.475. The van der Waals surface area contributed by atoms with Crippen LogP contribution in [-0.2, 0) is 11.2 Å². The normalized spacial score (nSPS) is 11.2. The van der Waals surface area contributed by atoms with E-state index in [1.54, 1.807) is 23.1 Å². The highest BCUT2D eigenvalue weighted by Gasteiger charge is 2.21. The van der Waals surface area contributed by atoms with E-state index < -0.39 is 0 Å². The standard InChI is InChI=1S/C21H23Cl2N3O2S/c1-4-14-5-7-17-19(11-14)29-21(24-17)26(10-9-25(2)3)20(27)13-28-18-8-6-15(22)12-16(18)23/h5-8,11-12H,4,9-10,13H2,1-3H3. The average molecular weight is 452 g/mol. The number of anilines is 1. The van der Waals surface area contributed by atoms with Crippen molar-refractivity contribution in [3.63, 3.8) is 0 Å². The van der Waals surface area contributed by atoms with E-state index in [1.807, 2.05) is 25.1 Å². The molecule has 0 fully saturated rings. The molecular weight excluding hydrogens is 429 g/mol. The largest absolute Gasteiger partial charge is 0.482 e. The summed E-state index contributed by atoms with van der Waals surface area (Å²) >= 11 is 13.6. The molecule has 0 unspecified atom stereocenters. The maximum absolute atomic E-state index is 13.0. The molecule has 154 valence electrons. The third-order valence-electron chi connectivity index (χ3n) is 4.40. The van der Waals surface area contributed by atoms with E-state index in [0.717, 1.165) is 16.6 Å². The lowest BCUT2D eigenvalue weighted by Gasteiger charge is -2.22. The number of nitrogens with zero attached hydrogens (tertiary/aromatic N) is 3. The minimum absolute atomic E-state index is 0.134. The van der Waals surface area contributed by atoms with Crippen LogP contribution < -0.4 is 9.64 Å². The van der Waals surface area contributed by atoms with Crippen LogP contribution in [0.25, 0.3) is 10.2 Å². The van der Waals surface area contributed by atoms with Gasteiger partial charge < -0.3 is 9.64 Å². The number of hydrogen-bond acceptors (Lipinski definition) is 5. The number of hydrogen-bond donors (Lipinski definition) is 0. The smallest absolute Gasteiger partial charge is 0.266 e. The predicted molar refractivity (Wildman–Crippen MR) is 122 cm³/mol. The first kappa shape index (κ1) is 21.8. The number of rotatable bonds is 8. The molecule has 0 N–H and O–H groups in total. The Bertz CT molecular complexity index is 1010. The zero-order valence-corrected chi connectivity index (χ0v) is 18.9. The summed E-state index contributed by atoms with van der Waals surface area (Å²) in [4.78, 5) is 21.4. The summed E-state index contributed by atoms with van der Waals surface area (Å²) in [6.07, 6.45) is 0.960. The Morgan fingerprint density at radius 2 is 1.93 bits per heavy atom. The van der Waals surface area contributed by atoms with Gasteiger partial charge in [-0.2, -0.15) is 0 Å². The molecule has 1 heterocycles. The fourth-order valence-electron chi connectivity index (χ4n) is 2.73. The molecule has 5 nitrogen and oxygen atoms in total. The molecule has 1 aromatic heterocycles. The summed E-state index contributed by atoms with van der Waals surface area (Å²) in [5.41, 5.74) is 2.14. The second kappa shape index (κ2) is 9.76. The molecule has 0 bridgehead atoms. The molecule has 0 saturated heterocycles. The molecule has 3 rings (SSSR count). The Hall–Kier alpha value is -1.86. The average Bonchev–Trinajstić information content (AvgIpc) is 3.09. The molecule has 0 aliphatic rings. The van der Waals surface area contributed by atoms with E-state index in [2.05, 4.69) is 24.0 Å². The summed E-state index contributed by atoms with van der Waals surface area (Å²) in [5.74, 6) is 0.251. The van der Waals surface area contributed by atoms with E-state index in [1.165, 1.54) is 16.9 Å². The third-order valence-corrected chi connectivity index (χ3v) is 5.97. The van der Waals surface area contributed by atoms with Crippen LogP contribution in [0.4, 0.5) is 5.13 Å². The maximum atomic E-state index is 13.0. The van der Waals surface area contributed by atoms with Gasteiger partial charge in [0.1, 0.15) is 5.75 Å². The van der Waals surface area contributed by atoms with Gasteiger partial charge in [-0.25, -0.2) is 4.98 Å². The Kier molecular flexibility index (Phi) is 7.35. The highest BCUT2D eigenvalue weighted by Crippen LogP contribution is 2.31. The second-order valence-corrected chi connectivity index (χ2v) is 8.72. The first-order chi connectivity index (χ1) is 13.9. The monoisotopic (exact) mass is 451 g/mol. The molecule has 0 radical (unpaired) electrons. The number of fused-ring (bicyclic) bond motifs is 1. The van der Waals surface area contributed by atoms with Crippen LogP contribution in [-0.4, -0.2) is 49.6 Å². The molecule has 0 saturated carbocycles. The van der Waals surface area contributed by atoms with Crippen molar-refractivity contribution < 1.29 is 9.53 Å². The van der Waals surface area contributed by atoms with Gasteiger partial charge in [-0.3, -0.25) is 9.69 Å². The third kappa shape index (κ3) is 5.60. The van der Waals surface area contributed by atoms with Crippen LogP contribution in [0.15, 0.2) is 36.4 Å². The zero-order valence-electron chi connectivity index (χ0n) is 16.6. The Balaban J connectivity index is 1.81. The summed E-state index contributed by atoms with van der Waals surface area (Å²) in [7, 11) is 3.94. The number of carbonyl (C=O) groups excluding carboxylic acids is 1. The molecular formula is C21H23Cl2N3O2S. The van der Waals surface area contributed by atoms with Gasteiger partial charge in [-0.15, -0.1) is 0 Å². The number of thiazole rings is 1. The van der Waals surface area contributed by atoms with Crippen LogP contribution in [0.5, 0.6) is 5.75 Å². The predicted octanol–water partition coefficient (Wildman–Crippen LogP) is 5.14. The number of ether oxygens (including phenoxy) is 1. The molecule has 0 aliphatic carbocycles. The molecule has 0 atom stereocenters. The lowest BCUT2D eigenvalue weighted by Crippen LogP contribution is -2.39. The van der Waals surface area contributed by atoms with E-state index in [9.17, 15) is 4.79 Å². The first-order valence-electron chi connectivity index (χ1n) is 9.29.